The minimum absolute atomic E-state index is 0.304. The fraction of sp³-hybridized carbons (Fsp3) is 1.00. The van der Waals surface area contributed by atoms with Crippen molar-refractivity contribution in [2.45, 2.75) is 38.8 Å². The highest BCUT2D eigenvalue weighted by Gasteiger charge is 2.19. The summed E-state index contributed by atoms with van der Waals surface area (Å²) in [7, 11) is 0. The van der Waals surface area contributed by atoms with Crippen molar-refractivity contribution >= 4 is 0 Å². The summed E-state index contributed by atoms with van der Waals surface area (Å²) in [4.78, 5) is 2.32. The van der Waals surface area contributed by atoms with Crippen LogP contribution < -0.4 is 0 Å². The summed E-state index contributed by atoms with van der Waals surface area (Å²) in [5, 5.41) is 9.51. The van der Waals surface area contributed by atoms with E-state index < -0.39 is 0 Å². The summed E-state index contributed by atoms with van der Waals surface area (Å²) >= 11 is 0. The molecule has 1 N–H and O–H groups in total. The van der Waals surface area contributed by atoms with Gasteiger partial charge in [-0.25, -0.2) is 0 Å². The zero-order valence-corrected chi connectivity index (χ0v) is 8.70. The Labute approximate surface area is 80.7 Å². The first-order valence-electron chi connectivity index (χ1n) is 5.24. The molecule has 13 heavy (non-hydrogen) atoms. The number of hydrogen-bond acceptors (Lipinski definition) is 3. The summed E-state index contributed by atoms with van der Waals surface area (Å²) < 4.78 is 5.27. The Balaban J connectivity index is 2.37. The molecule has 1 aliphatic heterocycles. The molecule has 1 rings (SSSR count). The summed E-state index contributed by atoms with van der Waals surface area (Å²) in [6, 6.07) is 0.571. The molecule has 0 saturated carbocycles. The van der Waals surface area contributed by atoms with Crippen molar-refractivity contribution in [1.82, 2.24) is 4.90 Å². The molecule has 0 amide bonds. The average Bonchev–Trinajstić information content (AvgIpc) is 2.30. The molecule has 0 bridgehead atoms. The third kappa shape index (κ3) is 3.63. The van der Waals surface area contributed by atoms with E-state index >= 15 is 0 Å². The van der Waals surface area contributed by atoms with Gasteiger partial charge < -0.3 is 9.84 Å². The van der Waals surface area contributed by atoms with Crippen LogP contribution in [0.25, 0.3) is 0 Å². The molecule has 0 spiro atoms. The van der Waals surface area contributed by atoms with Crippen molar-refractivity contribution in [2.75, 3.05) is 26.3 Å². The van der Waals surface area contributed by atoms with Gasteiger partial charge in [0.05, 0.1) is 19.3 Å². The van der Waals surface area contributed by atoms with Crippen molar-refractivity contribution in [2.24, 2.45) is 0 Å². The topological polar surface area (TPSA) is 32.7 Å². The maximum atomic E-state index is 9.51. The Morgan fingerprint density at radius 3 is 3.08 bits per heavy atom. The van der Waals surface area contributed by atoms with Crippen LogP contribution in [0.3, 0.4) is 0 Å². The molecule has 1 fully saturated rings. The quantitative estimate of drug-likeness (QED) is 0.711. The van der Waals surface area contributed by atoms with E-state index in [0.29, 0.717) is 12.6 Å². The molecule has 2 unspecified atom stereocenters. The van der Waals surface area contributed by atoms with E-state index in [1.54, 1.807) is 0 Å². The number of hydrogen-bond donors (Lipinski definition) is 1. The third-order valence-electron chi connectivity index (χ3n) is 2.61. The van der Waals surface area contributed by atoms with E-state index in [9.17, 15) is 5.11 Å². The lowest BCUT2D eigenvalue weighted by molar-refractivity contribution is 0.0546. The second kappa shape index (κ2) is 5.58. The van der Waals surface area contributed by atoms with E-state index in [4.69, 9.17) is 4.74 Å². The molecule has 2 atom stereocenters. The normalized spacial score (nSPS) is 28.4. The van der Waals surface area contributed by atoms with Crippen molar-refractivity contribution in [3.63, 3.8) is 0 Å². The predicted octanol–water partition coefficient (Wildman–Crippen LogP) is 0.868. The van der Waals surface area contributed by atoms with Crippen molar-refractivity contribution < 1.29 is 9.84 Å². The fourth-order valence-electron chi connectivity index (χ4n) is 1.82. The zero-order chi connectivity index (χ0) is 9.68. The van der Waals surface area contributed by atoms with E-state index in [2.05, 4.69) is 18.7 Å². The molecule has 0 radical (unpaired) electrons. The van der Waals surface area contributed by atoms with Crippen LogP contribution in [0.1, 0.15) is 26.7 Å². The Bertz CT molecular complexity index is 141. The first-order valence-corrected chi connectivity index (χ1v) is 5.24. The van der Waals surface area contributed by atoms with Gasteiger partial charge in [-0.3, -0.25) is 4.90 Å². The van der Waals surface area contributed by atoms with Crippen molar-refractivity contribution in [1.29, 1.82) is 0 Å². The SMILES string of the molecule is CCCC(C)N1CCOCC(O)C1. The Morgan fingerprint density at radius 2 is 2.38 bits per heavy atom. The summed E-state index contributed by atoms with van der Waals surface area (Å²) in [5.41, 5.74) is 0. The lowest BCUT2D eigenvalue weighted by Crippen LogP contribution is -2.39. The number of rotatable bonds is 3. The highest BCUT2D eigenvalue weighted by atomic mass is 16.5. The van der Waals surface area contributed by atoms with Gasteiger partial charge >= 0.3 is 0 Å². The number of ether oxygens (including phenoxy) is 1. The van der Waals surface area contributed by atoms with Gasteiger partial charge in [-0.05, 0) is 13.3 Å². The minimum Gasteiger partial charge on any atom is -0.389 e. The molecular weight excluding hydrogens is 166 g/mol. The van der Waals surface area contributed by atoms with E-state index in [1.807, 2.05) is 0 Å². The maximum Gasteiger partial charge on any atom is 0.0900 e. The molecule has 0 aliphatic carbocycles. The molecule has 3 heteroatoms. The summed E-state index contributed by atoms with van der Waals surface area (Å²) in [6.07, 6.45) is 2.10. The first kappa shape index (κ1) is 11.0. The van der Waals surface area contributed by atoms with Gasteiger partial charge in [0.15, 0.2) is 0 Å². The smallest absolute Gasteiger partial charge is 0.0900 e. The van der Waals surface area contributed by atoms with Gasteiger partial charge in [-0.2, -0.15) is 0 Å². The molecule has 0 aromatic carbocycles. The van der Waals surface area contributed by atoms with E-state index in [-0.39, 0.29) is 6.10 Å². The van der Waals surface area contributed by atoms with Crippen LogP contribution in [0.2, 0.25) is 0 Å². The van der Waals surface area contributed by atoms with Crippen LogP contribution in [-0.4, -0.2) is 48.5 Å². The van der Waals surface area contributed by atoms with Crippen LogP contribution in [-0.2, 0) is 4.74 Å². The van der Waals surface area contributed by atoms with Crippen LogP contribution in [0.5, 0.6) is 0 Å². The molecule has 1 saturated heterocycles. The summed E-state index contributed by atoms with van der Waals surface area (Å²) in [6.45, 7) is 7.39. The Morgan fingerprint density at radius 1 is 1.62 bits per heavy atom. The van der Waals surface area contributed by atoms with Crippen LogP contribution in [0.4, 0.5) is 0 Å². The maximum absolute atomic E-state index is 9.51. The van der Waals surface area contributed by atoms with Gasteiger partial charge in [-0.15, -0.1) is 0 Å². The van der Waals surface area contributed by atoms with Crippen LogP contribution >= 0.6 is 0 Å². The number of aliphatic hydroxyl groups is 1. The first-order chi connectivity index (χ1) is 6.24. The van der Waals surface area contributed by atoms with Crippen molar-refractivity contribution in [3.05, 3.63) is 0 Å². The summed E-state index contributed by atoms with van der Waals surface area (Å²) in [5.74, 6) is 0. The van der Waals surface area contributed by atoms with Gasteiger partial charge in [0.2, 0.25) is 0 Å². The van der Waals surface area contributed by atoms with Gasteiger partial charge in [0, 0.05) is 19.1 Å². The van der Waals surface area contributed by atoms with Crippen LogP contribution in [0, 0.1) is 0 Å². The number of aliphatic hydroxyl groups excluding tert-OH is 1. The molecular formula is C10H21NO2. The third-order valence-corrected chi connectivity index (χ3v) is 2.61. The minimum atomic E-state index is -0.304. The molecule has 78 valence electrons. The number of β-amino-alcohol motifs (C(OH)–C–C–N with tert-alkyl or cyclic N) is 1. The Hall–Kier alpha value is -0.120. The zero-order valence-electron chi connectivity index (χ0n) is 8.70. The second-order valence-electron chi connectivity index (χ2n) is 3.86. The Kier molecular flexibility index (Phi) is 4.70. The molecule has 0 aromatic rings. The van der Waals surface area contributed by atoms with E-state index in [1.165, 1.54) is 12.8 Å². The largest absolute Gasteiger partial charge is 0.389 e. The molecule has 1 aliphatic rings. The molecule has 0 aromatic heterocycles. The fourth-order valence-corrected chi connectivity index (χ4v) is 1.82. The predicted molar refractivity (Wildman–Crippen MR) is 52.8 cm³/mol. The monoisotopic (exact) mass is 187 g/mol. The second-order valence-corrected chi connectivity index (χ2v) is 3.86. The molecule has 3 nitrogen and oxygen atoms in total. The van der Waals surface area contributed by atoms with Crippen molar-refractivity contribution in [3.8, 4) is 0 Å². The standard InChI is InChI=1S/C10H21NO2/c1-3-4-9(2)11-5-6-13-8-10(12)7-11/h9-10,12H,3-8H2,1-2H3. The number of nitrogens with zero attached hydrogens (tertiary/aromatic N) is 1. The van der Waals surface area contributed by atoms with Crippen LogP contribution in [0.15, 0.2) is 0 Å². The van der Waals surface area contributed by atoms with Gasteiger partial charge in [-0.1, -0.05) is 13.3 Å². The average molecular weight is 187 g/mol. The van der Waals surface area contributed by atoms with Gasteiger partial charge in [0.1, 0.15) is 0 Å². The van der Waals surface area contributed by atoms with E-state index in [0.717, 1.165) is 19.7 Å². The lowest BCUT2D eigenvalue weighted by atomic mass is 10.1. The molecule has 1 heterocycles. The van der Waals surface area contributed by atoms with Gasteiger partial charge in [0.25, 0.3) is 0 Å². The highest BCUT2D eigenvalue weighted by molar-refractivity contribution is 4.73. The lowest BCUT2D eigenvalue weighted by Gasteiger charge is -2.27. The highest BCUT2D eigenvalue weighted by Crippen LogP contribution is 2.09.